The van der Waals surface area contributed by atoms with Gasteiger partial charge in [0.1, 0.15) is 0 Å². The summed E-state index contributed by atoms with van der Waals surface area (Å²) in [7, 11) is 0. The maximum atomic E-state index is 11.7. The van der Waals surface area contributed by atoms with E-state index in [1.165, 1.54) is 13.8 Å². The van der Waals surface area contributed by atoms with E-state index < -0.39 is 17.5 Å². The molecule has 17 heavy (non-hydrogen) atoms. The number of carboxylic acids is 1. The van der Waals surface area contributed by atoms with E-state index >= 15 is 0 Å². The zero-order chi connectivity index (χ0) is 13.1. The molecule has 0 radical (unpaired) electrons. The minimum absolute atomic E-state index is 0.0639. The maximum absolute atomic E-state index is 11.7. The summed E-state index contributed by atoms with van der Waals surface area (Å²) in [6.07, 6.45) is 2.87. The van der Waals surface area contributed by atoms with Crippen LogP contribution in [-0.2, 0) is 9.59 Å². The molecule has 2 atom stereocenters. The number of hydrogen-bond acceptors (Lipinski definition) is 3. The van der Waals surface area contributed by atoms with Gasteiger partial charge in [-0.25, -0.2) is 0 Å². The topological polar surface area (TPSA) is 86.6 Å². The summed E-state index contributed by atoms with van der Waals surface area (Å²) in [5.41, 5.74) is -1.07. The molecule has 0 saturated heterocycles. The monoisotopic (exact) mass is 243 g/mol. The van der Waals surface area contributed by atoms with Crippen LogP contribution in [0.4, 0.5) is 0 Å². The standard InChI is InChI=1S/C12H21NO4/c1-12(2,11(16)17)7-10(15)13-8-5-3-4-6-9(8)14/h8-9,14H,3-7H2,1-2H3,(H,13,15)(H,16,17)/t8-,9-/m0/s1. The molecule has 5 nitrogen and oxygen atoms in total. The van der Waals surface area contributed by atoms with Crippen molar-refractivity contribution in [2.45, 2.75) is 58.1 Å². The van der Waals surface area contributed by atoms with Crippen molar-refractivity contribution in [3.8, 4) is 0 Å². The summed E-state index contributed by atoms with van der Waals surface area (Å²) in [6, 6.07) is -0.221. The minimum atomic E-state index is -1.07. The number of hydrogen-bond donors (Lipinski definition) is 3. The highest BCUT2D eigenvalue weighted by Crippen LogP contribution is 2.22. The molecule has 0 spiro atoms. The van der Waals surface area contributed by atoms with Crippen LogP contribution >= 0.6 is 0 Å². The van der Waals surface area contributed by atoms with Gasteiger partial charge in [-0.1, -0.05) is 12.8 Å². The van der Waals surface area contributed by atoms with Crippen molar-refractivity contribution in [2.24, 2.45) is 5.41 Å². The summed E-state index contributed by atoms with van der Waals surface area (Å²) in [5, 5.41) is 21.3. The van der Waals surface area contributed by atoms with Crippen molar-refractivity contribution < 1.29 is 19.8 Å². The fourth-order valence-corrected chi connectivity index (χ4v) is 2.01. The number of amides is 1. The van der Waals surface area contributed by atoms with Gasteiger partial charge >= 0.3 is 5.97 Å². The SMILES string of the molecule is CC(C)(CC(=O)N[C@H]1CCCC[C@@H]1O)C(=O)O. The largest absolute Gasteiger partial charge is 0.481 e. The van der Waals surface area contributed by atoms with Gasteiger partial charge in [0.2, 0.25) is 5.91 Å². The molecule has 0 unspecified atom stereocenters. The predicted octanol–water partition coefficient (Wildman–Crippen LogP) is 0.907. The highest BCUT2D eigenvalue weighted by Gasteiger charge is 2.32. The van der Waals surface area contributed by atoms with Gasteiger partial charge in [0.25, 0.3) is 0 Å². The van der Waals surface area contributed by atoms with Crippen molar-refractivity contribution in [3.05, 3.63) is 0 Å². The van der Waals surface area contributed by atoms with Crippen LogP contribution in [0.1, 0.15) is 46.0 Å². The molecule has 5 heteroatoms. The second-order valence-electron chi connectivity index (χ2n) is 5.39. The van der Waals surface area contributed by atoms with Crippen LogP contribution in [-0.4, -0.2) is 34.2 Å². The van der Waals surface area contributed by atoms with Crippen molar-refractivity contribution in [2.75, 3.05) is 0 Å². The number of rotatable bonds is 4. The molecule has 1 fully saturated rings. The van der Waals surface area contributed by atoms with Gasteiger partial charge in [-0.15, -0.1) is 0 Å². The number of aliphatic hydroxyl groups is 1. The summed E-state index contributed by atoms with van der Waals surface area (Å²) in [4.78, 5) is 22.6. The Morgan fingerprint density at radius 3 is 2.41 bits per heavy atom. The van der Waals surface area contributed by atoms with Gasteiger partial charge in [0, 0.05) is 6.42 Å². The Labute approximate surface area is 101 Å². The second-order valence-corrected chi connectivity index (χ2v) is 5.39. The first-order chi connectivity index (χ1) is 7.83. The molecule has 1 aliphatic carbocycles. The first kappa shape index (κ1) is 14.0. The van der Waals surface area contributed by atoms with Crippen LogP contribution in [0.15, 0.2) is 0 Å². The highest BCUT2D eigenvalue weighted by molar-refractivity contribution is 5.84. The van der Waals surface area contributed by atoms with Crippen LogP contribution < -0.4 is 5.32 Å². The molecule has 98 valence electrons. The smallest absolute Gasteiger partial charge is 0.309 e. The molecule has 1 aliphatic rings. The first-order valence-electron chi connectivity index (χ1n) is 6.04. The van der Waals surface area contributed by atoms with Gasteiger partial charge in [-0.2, -0.15) is 0 Å². The van der Waals surface area contributed by atoms with Gasteiger partial charge in [-0.3, -0.25) is 9.59 Å². The second kappa shape index (κ2) is 5.49. The molecule has 1 rings (SSSR count). The Morgan fingerprint density at radius 1 is 1.29 bits per heavy atom. The van der Waals surface area contributed by atoms with Crippen molar-refractivity contribution in [1.82, 2.24) is 5.32 Å². The lowest BCUT2D eigenvalue weighted by molar-refractivity contribution is -0.149. The maximum Gasteiger partial charge on any atom is 0.309 e. The third-order valence-corrected chi connectivity index (χ3v) is 3.26. The van der Waals surface area contributed by atoms with E-state index in [2.05, 4.69) is 5.32 Å². The van der Waals surface area contributed by atoms with Gasteiger partial charge < -0.3 is 15.5 Å². The Balaban J connectivity index is 2.46. The van der Waals surface area contributed by atoms with Gasteiger partial charge in [-0.05, 0) is 26.7 Å². The normalized spacial score (nSPS) is 25.4. The number of aliphatic hydroxyl groups excluding tert-OH is 1. The van der Waals surface area contributed by atoms with Crippen molar-refractivity contribution >= 4 is 11.9 Å². The number of carboxylic acid groups (broad SMARTS) is 1. The fourth-order valence-electron chi connectivity index (χ4n) is 2.01. The Hall–Kier alpha value is -1.10. The number of carbonyl (C=O) groups is 2. The molecule has 0 bridgehead atoms. The lowest BCUT2D eigenvalue weighted by atomic mass is 9.88. The van der Waals surface area contributed by atoms with E-state index in [4.69, 9.17) is 5.11 Å². The van der Waals surface area contributed by atoms with Gasteiger partial charge in [0.05, 0.1) is 17.6 Å². The lowest BCUT2D eigenvalue weighted by Gasteiger charge is -2.29. The summed E-state index contributed by atoms with van der Waals surface area (Å²) in [6.45, 7) is 3.04. The zero-order valence-corrected chi connectivity index (χ0v) is 10.4. The van der Waals surface area contributed by atoms with E-state index in [1.54, 1.807) is 0 Å². The van der Waals surface area contributed by atoms with Crippen LogP contribution in [0.5, 0.6) is 0 Å². The molecule has 0 heterocycles. The molecular formula is C12H21NO4. The summed E-state index contributed by atoms with van der Waals surface area (Å²) >= 11 is 0. The Kier molecular flexibility index (Phi) is 4.51. The molecule has 1 amide bonds. The van der Waals surface area contributed by atoms with Crippen LogP contribution in [0.3, 0.4) is 0 Å². The fraction of sp³-hybridized carbons (Fsp3) is 0.833. The first-order valence-corrected chi connectivity index (χ1v) is 6.04. The predicted molar refractivity (Wildman–Crippen MR) is 62.4 cm³/mol. The molecule has 3 N–H and O–H groups in total. The number of nitrogens with one attached hydrogen (secondary N) is 1. The quantitative estimate of drug-likeness (QED) is 0.685. The summed E-state index contributed by atoms with van der Waals surface area (Å²) in [5.74, 6) is -1.29. The third kappa shape index (κ3) is 4.00. The molecule has 1 saturated carbocycles. The van der Waals surface area contributed by atoms with E-state index in [0.29, 0.717) is 6.42 Å². The van der Waals surface area contributed by atoms with Crippen LogP contribution in [0.2, 0.25) is 0 Å². The van der Waals surface area contributed by atoms with E-state index in [0.717, 1.165) is 19.3 Å². The van der Waals surface area contributed by atoms with Crippen LogP contribution in [0.25, 0.3) is 0 Å². The molecule has 0 aromatic rings. The molecule has 0 aromatic heterocycles. The average molecular weight is 243 g/mol. The van der Waals surface area contributed by atoms with E-state index in [-0.39, 0.29) is 18.4 Å². The Bertz CT molecular complexity index is 301. The van der Waals surface area contributed by atoms with E-state index in [9.17, 15) is 14.7 Å². The average Bonchev–Trinajstić information content (AvgIpc) is 2.20. The van der Waals surface area contributed by atoms with Crippen molar-refractivity contribution in [3.63, 3.8) is 0 Å². The van der Waals surface area contributed by atoms with Gasteiger partial charge in [0.15, 0.2) is 0 Å². The lowest BCUT2D eigenvalue weighted by Crippen LogP contribution is -2.46. The summed E-state index contributed by atoms with van der Waals surface area (Å²) < 4.78 is 0. The van der Waals surface area contributed by atoms with Crippen LogP contribution in [0, 0.1) is 5.41 Å². The third-order valence-electron chi connectivity index (χ3n) is 3.26. The molecule has 0 aromatic carbocycles. The van der Waals surface area contributed by atoms with Crippen molar-refractivity contribution in [1.29, 1.82) is 0 Å². The Morgan fingerprint density at radius 2 is 1.88 bits per heavy atom. The molecule has 0 aliphatic heterocycles. The number of carbonyl (C=O) groups excluding carboxylic acids is 1. The molecular weight excluding hydrogens is 222 g/mol. The zero-order valence-electron chi connectivity index (χ0n) is 10.4. The highest BCUT2D eigenvalue weighted by atomic mass is 16.4. The minimum Gasteiger partial charge on any atom is -0.481 e. The number of aliphatic carboxylic acids is 1. The van der Waals surface area contributed by atoms with E-state index in [1.807, 2.05) is 0 Å².